The zero-order valence-corrected chi connectivity index (χ0v) is 96.6. The standard InChI is InChI=1S/C66H114O9Si3.C46H66O10.2CO2.2O2S/c1-23-51-32-36-56-61(71-51)48(7)62(75-78(21,22)66(14,15)16)63(73-56)57(74-77(19,20)65(11,12)13)34-30-50(67)29-31-52-39-45(4)55(69-52)35-33-53-38-44(3)46(5)59(70-53)41-60-54(40-49-27-25-24-26-28-49)47(6)58(72-60)37-43(2)42-68-76(17,18)64(8,9)10;1-6-31-12-15-36-41(51-31)45-44-43(53-36)42-40(54-44)23-46(55-42,56-45)17-16-33-19-26(3)35(49-33)14-13-32-18-25(2)27(4)38(50-32)22-39-34(20-29-10-8-7-9-11-29)28(5)37(52-39)21-30(48)24-47;2*2-1-3;2*1-3-2/h24-28,30,34,43-44,47-48,51-63H,4-5,23,29,31-33,35-42H2,1-3,6-22H3;7-11,25,28,30-45,47-48H,3-4,6,12-24H2,1-2,5H3;;;;/b34-30+;;;;;/t43-,44+,47+,48-,51-,52-,53-,54+,55?,56-,57-,58+,59?,60-,61+,62-,63-;25-,28-,30+,31+,32+,33+,34-,35?,36+,37-,38?,39+,40-,41+,42?,43+,44-,45+,46+;;;;/m01..../s1. The number of carbonyl (C=O) groups excluding carboxylic acids is 5. The summed E-state index contributed by atoms with van der Waals surface area (Å²) in [5, 5.41) is 20.1. The van der Waals surface area contributed by atoms with Gasteiger partial charge in [-0.3, -0.25) is 4.79 Å². The minimum Gasteiger partial charge on any atom is -0.417 e. The normalized spacial score (nSPS) is 36.4. The summed E-state index contributed by atoms with van der Waals surface area (Å²) in [6.45, 7) is 71.5. The number of benzene rings is 2. The fraction of sp³-hybridized carbons (Fsp3) is 0.781. The summed E-state index contributed by atoms with van der Waals surface area (Å²) in [7, 11) is -6.43. The Morgan fingerprint density at radius 3 is 1.42 bits per heavy atom. The van der Waals surface area contributed by atoms with Gasteiger partial charge in [0.05, 0.1) is 135 Å². The van der Waals surface area contributed by atoms with E-state index in [1.165, 1.54) is 16.7 Å². The number of carbonyl (C=O) groups is 1. The average molecular weight is 2130 g/mol. The Morgan fingerprint density at radius 1 is 0.507 bits per heavy atom. The van der Waals surface area contributed by atoms with Crippen LogP contribution in [0.1, 0.15) is 277 Å². The lowest BCUT2D eigenvalue weighted by Gasteiger charge is -2.54. The summed E-state index contributed by atoms with van der Waals surface area (Å²) in [6.07, 6.45) is 23.6. The average Bonchev–Trinajstić information content (AvgIpc) is 1.54. The number of rotatable bonds is 37. The largest absolute Gasteiger partial charge is 0.417 e. The molecule has 146 heavy (non-hydrogen) atoms. The molecular formula is C114H180O27S2Si3. The molecule has 822 valence electrons. The monoisotopic (exact) mass is 2130 g/mol. The van der Waals surface area contributed by atoms with Gasteiger partial charge in [-0.2, -0.15) is 36.0 Å². The molecule has 0 spiro atoms. The van der Waals surface area contributed by atoms with Crippen molar-refractivity contribution in [2.45, 2.75) is 503 Å². The lowest BCUT2D eigenvalue weighted by molar-refractivity contribution is -0.292. The zero-order valence-electron chi connectivity index (χ0n) is 92.0. The van der Waals surface area contributed by atoms with Crippen molar-refractivity contribution in [1.82, 2.24) is 0 Å². The molecular weight excluding hydrogens is 1950 g/mol. The molecule has 14 heterocycles. The fourth-order valence-corrected chi connectivity index (χ4v) is 27.5. The van der Waals surface area contributed by atoms with Crippen LogP contribution in [-0.2, 0) is 135 Å². The molecule has 0 aromatic heterocycles. The lowest BCUT2D eigenvalue weighted by Crippen LogP contribution is -2.64. The highest BCUT2D eigenvalue weighted by molar-refractivity contribution is 7.52. The Balaban J connectivity index is 0.000000280. The quantitative estimate of drug-likeness (QED) is 0.0360. The number of hydrogen-bond donors (Lipinski definition) is 2. The summed E-state index contributed by atoms with van der Waals surface area (Å²) < 4.78 is 143. The molecule has 2 aromatic rings. The van der Waals surface area contributed by atoms with E-state index in [0.717, 1.165) is 165 Å². The second kappa shape index (κ2) is 55.0. The molecule has 14 saturated heterocycles. The summed E-state index contributed by atoms with van der Waals surface area (Å²) in [5.74, 6) is 1.88. The van der Waals surface area contributed by atoms with Gasteiger partial charge < -0.3 is 85.1 Å². The molecule has 2 N–H and O–H groups in total. The van der Waals surface area contributed by atoms with Crippen molar-refractivity contribution in [3.8, 4) is 0 Å². The van der Waals surface area contributed by atoms with E-state index in [9.17, 15) is 15.0 Å². The third-order valence-electron chi connectivity index (χ3n) is 35.7. The number of ketones is 1. The van der Waals surface area contributed by atoms with Gasteiger partial charge in [-0.1, -0.05) is 211 Å². The van der Waals surface area contributed by atoms with E-state index >= 15 is 0 Å². The molecule has 32 heteroatoms. The third-order valence-corrected chi connectivity index (χ3v) is 49.1. The van der Waals surface area contributed by atoms with Crippen LogP contribution in [-0.4, -0.2) is 254 Å². The van der Waals surface area contributed by atoms with Crippen molar-refractivity contribution in [1.29, 1.82) is 0 Å². The Morgan fingerprint density at radius 2 is 0.945 bits per heavy atom. The smallest absolute Gasteiger partial charge is 0.373 e. The molecule has 16 rings (SSSR count). The third kappa shape index (κ3) is 32.2. The summed E-state index contributed by atoms with van der Waals surface area (Å²) in [6, 6.07) is 21.5. The molecule has 0 aliphatic carbocycles. The van der Waals surface area contributed by atoms with Crippen LogP contribution in [0.3, 0.4) is 0 Å². The van der Waals surface area contributed by atoms with Gasteiger partial charge in [-0.05, 0) is 257 Å². The van der Waals surface area contributed by atoms with Crippen LogP contribution >= 0.6 is 0 Å². The van der Waals surface area contributed by atoms with Gasteiger partial charge in [-0.15, -0.1) is 0 Å². The molecule has 0 amide bonds. The highest BCUT2D eigenvalue weighted by atomic mass is 32.1. The Labute approximate surface area is 882 Å². The molecule has 6 bridgehead atoms. The molecule has 0 radical (unpaired) electrons. The molecule has 2 aromatic carbocycles. The van der Waals surface area contributed by atoms with Crippen LogP contribution in [0.4, 0.5) is 0 Å². The summed E-state index contributed by atoms with van der Waals surface area (Å²) in [5.41, 5.74) is 7.26. The van der Waals surface area contributed by atoms with E-state index in [0.29, 0.717) is 48.9 Å². The maximum atomic E-state index is 14.0. The number of allylic oxidation sites excluding steroid dienone is 1. The van der Waals surface area contributed by atoms with E-state index in [4.69, 9.17) is 111 Å². The van der Waals surface area contributed by atoms with Gasteiger partial charge in [0.2, 0.25) is 0 Å². The summed E-state index contributed by atoms with van der Waals surface area (Å²) >= 11 is -1.50. The Hall–Kier alpha value is -4.86. The van der Waals surface area contributed by atoms with Crippen LogP contribution in [0.25, 0.3) is 0 Å². The number of ether oxygens (including phenoxy) is 13. The molecule has 0 saturated carbocycles. The first kappa shape index (κ1) is 123. The molecule has 14 fully saturated rings. The van der Waals surface area contributed by atoms with Gasteiger partial charge in [0.25, 0.3) is 0 Å². The van der Waals surface area contributed by atoms with Gasteiger partial charge in [0.15, 0.2) is 36.5 Å². The van der Waals surface area contributed by atoms with E-state index in [2.05, 4.69) is 238 Å². The summed E-state index contributed by atoms with van der Waals surface area (Å²) in [4.78, 5) is 46.5. The Bertz CT molecular complexity index is 4600. The zero-order chi connectivity index (χ0) is 107. The lowest BCUT2D eigenvalue weighted by atomic mass is 9.78. The van der Waals surface area contributed by atoms with E-state index in [1.54, 1.807) is 6.08 Å². The van der Waals surface area contributed by atoms with Crippen molar-refractivity contribution < 1.29 is 126 Å². The molecule has 36 atom stereocenters. The van der Waals surface area contributed by atoms with Gasteiger partial charge in [0, 0.05) is 51.0 Å². The van der Waals surface area contributed by atoms with E-state index in [1.807, 2.05) is 12.1 Å². The van der Waals surface area contributed by atoms with Crippen molar-refractivity contribution in [3.63, 3.8) is 0 Å². The second-order valence-electron chi connectivity index (χ2n) is 49.0. The minimum atomic E-state index is -2.33. The molecule has 5 unspecified atom stereocenters. The maximum Gasteiger partial charge on any atom is 0.373 e. The van der Waals surface area contributed by atoms with E-state index in [-0.39, 0.29) is 210 Å². The Kier molecular flexibility index (Phi) is 46.3. The topological polar surface area (TPSA) is 342 Å². The predicted molar refractivity (Wildman–Crippen MR) is 566 cm³/mol. The van der Waals surface area contributed by atoms with Crippen molar-refractivity contribution in [2.75, 3.05) is 13.2 Å². The number of fused-ring (bicyclic) bond motifs is 2. The van der Waals surface area contributed by atoms with Gasteiger partial charge >= 0.3 is 35.4 Å². The minimum absolute atomic E-state index is 0.00101. The molecule has 14 aliphatic rings. The first-order chi connectivity index (χ1) is 68.9. The van der Waals surface area contributed by atoms with Gasteiger partial charge in [0.1, 0.15) is 36.6 Å². The first-order valence-corrected chi connectivity index (χ1v) is 64.6. The molecule has 27 nitrogen and oxygen atoms in total. The second-order valence-corrected chi connectivity index (χ2v) is 63.6. The highest BCUT2D eigenvalue weighted by Gasteiger charge is 2.69. The van der Waals surface area contributed by atoms with Crippen molar-refractivity contribution >= 4 is 66.2 Å². The van der Waals surface area contributed by atoms with Crippen molar-refractivity contribution in [2.24, 2.45) is 47.3 Å². The van der Waals surface area contributed by atoms with Crippen LogP contribution in [0.5, 0.6) is 0 Å². The first-order valence-electron chi connectivity index (χ1n) is 54.5. The van der Waals surface area contributed by atoms with Crippen LogP contribution in [0.15, 0.2) is 121 Å². The number of hydrogen-bond acceptors (Lipinski definition) is 27. The van der Waals surface area contributed by atoms with E-state index < -0.39 is 66.1 Å². The fourth-order valence-electron chi connectivity index (χ4n) is 23.8. The SMILES string of the molecule is C=C1C[C@H](CCC(=O)/C=C/[C@H](O[Si](C)(C)C(C)(C)C)[C@@H]2O[C@H]3CC[C@H](CC)O[C@@H]3[C@H](C)[C@@H]2O[Si](C)(C)C(C)(C)C)OC1CC[C@H]1C[C@@H](C)C(=C)C(C[C@@H]2O[C@H](C[C@H](C)CO[Si](C)(C)C(C)(C)C)[C@H](C)[C@H]2Cc2ccccc2)O1.C=C1C[C@H](CC[C@@]23C[C@H]4O[C@H]5[C@@H](O2)[C@H]2O[C@@H](CC)CC[C@@H]2O[C@H]5C4O3)OC1CC[C@H]1C[C@@H](C)C(=C)C(C[C@@H]2O[C@H](C[C@H](O)CO)[C@H](C)[C@H]2Cc2ccccc2)O1.O=C=O.O=C=O.O=S=O.O=S=O. The highest BCUT2D eigenvalue weighted by Crippen LogP contribution is 2.56. The van der Waals surface area contributed by atoms with Crippen LogP contribution in [0.2, 0.25) is 54.4 Å². The van der Waals surface area contributed by atoms with Crippen molar-refractivity contribution in [3.05, 3.63) is 133 Å². The van der Waals surface area contributed by atoms with Crippen LogP contribution < -0.4 is 0 Å². The predicted octanol–water partition coefficient (Wildman–Crippen LogP) is 20.5. The molecule has 14 aliphatic heterocycles. The van der Waals surface area contributed by atoms with Gasteiger partial charge in [-0.25, -0.2) is 0 Å². The number of aliphatic hydroxyl groups excluding tert-OH is 2. The number of aliphatic hydroxyl groups is 2. The maximum absolute atomic E-state index is 14.0. The van der Waals surface area contributed by atoms with Crippen LogP contribution in [0, 0.1) is 47.3 Å².